The molecule has 8 heterocycles. The molecule has 0 aliphatic carbocycles. The molecule has 4 amide bonds. The number of aryl methyl sites for hydroxylation is 3. The van der Waals surface area contributed by atoms with Crippen molar-refractivity contribution in [2.45, 2.75) is 129 Å². The Balaban J connectivity index is 0.000000141. The lowest BCUT2D eigenvalue weighted by atomic mass is 9.83. The molecule has 25 nitrogen and oxygen atoms in total. The molecule has 0 bridgehead atoms. The van der Waals surface area contributed by atoms with E-state index in [1.807, 2.05) is 170 Å². The van der Waals surface area contributed by atoms with Gasteiger partial charge in [-0.1, -0.05) is 219 Å². The van der Waals surface area contributed by atoms with Gasteiger partial charge in [0.1, 0.15) is 23.3 Å². The second-order valence-corrected chi connectivity index (χ2v) is 33.5. The van der Waals surface area contributed by atoms with Gasteiger partial charge < -0.3 is 39.7 Å². The number of amides is 4. The van der Waals surface area contributed by atoms with Crippen molar-refractivity contribution in [2.75, 3.05) is 39.3 Å². The Labute approximate surface area is 752 Å². The van der Waals surface area contributed by atoms with Crippen LogP contribution in [0.3, 0.4) is 0 Å². The smallest absolute Gasteiger partial charge is 0.313 e. The molecule has 29 heteroatoms. The normalized spacial score (nSPS) is 16.3. The van der Waals surface area contributed by atoms with Crippen molar-refractivity contribution in [3.63, 3.8) is 0 Å². The highest BCUT2D eigenvalue weighted by molar-refractivity contribution is 5.98. The van der Waals surface area contributed by atoms with Gasteiger partial charge in [0.25, 0.3) is 23.6 Å². The van der Waals surface area contributed by atoms with Gasteiger partial charge in [-0.15, -0.1) is 0 Å². The molecule has 17 rings (SSSR count). The van der Waals surface area contributed by atoms with Crippen LogP contribution in [0.25, 0.3) is 0 Å². The van der Waals surface area contributed by atoms with Crippen molar-refractivity contribution >= 4 is 29.6 Å². The maximum atomic E-state index is 14.3. The van der Waals surface area contributed by atoms with Crippen LogP contribution >= 0.6 is 0 Å². The minimum atomic E-state index is -0.780. The second-order valence-electron chi connectivity index (χ2n) is 33.5. The summed E-state index contributed by atoms with van der Waals surface area (Å²) in [6, 6.07) is 66.1. The summed E-state index contributed by atoms with van der Waals surface area (Å²) in [7, 11) is 0. The van der Waals surface area contributed by atoms with Crippen molar-refractivity contribution in [1.82, 2.24) is 58.7 Å². The van der Waals surface area contributed by atoms with Gasteiger partial charge in [-0.05, 0) is 147 Å². The third-order valence-electron chi connectivity index (χ3n) is 23.8. The molecule has 9 aromatic carbocycles. The lowest BCUT2D eigenvalue weighted by Gasteiger charge is -2.41. The van der Waals surface area contributed by atoms with E-state index in [4.69, 9.17) is 4.74 Å². The van der Waals surface area contributed by atoms with Crippen LogP contribution < -0.4 is 26.5 Å². The van der Waals surface area contributed by atoms with E-state index >= 15 is 0 Å². The summed E-state index contributed by atoms with van der Waals surface area (Å²) >= 11 is 0. The predicted molar refractivity (Wildman–Crippen MR) is 484 cm³/mol. The van der Waals surface area contributed by atoms with Crippen LogP contribution in [0.5, 0.6) is 23.0 Å². The monoisotopic (exact) mass is 1770 g/mol. The number of carbonyl (C=O) groups excluding carboxylic acids is 5. The second kappa shape index (κ2) is 40.1. The zero-order valence-electron chi connectivity index (χ0n) is 73.5. The maximum Gasteiger partial charge on any atom is 0.313 e. The SMILES string of the molecule is CCCN1CC(C(c2cccc(C)c2)c2cccc(F)c2)n2ncc(=O)c(O)c2C1=O.CCN1CC(C(c2cccc(C)c2)c2cccc(F)c2)n2ncc(=O)c(OC(=O)C(C)C)c2C1=O.Cc1cccc(C(c2ccccc2)C2CN(C(C)C)C(=O)c3c(O)c(=O)cnn32)c1.O=C1c2c(O)c(=O)cnn2C(C(c2cccc(F)c2)c2cccc(F)c2)CN1Cc1ccccc1. The first-order chi connectivity index (χ1) is 62.9. The van der Waals surface area contributed by atoms with Crippen molar-refractivity contribution in [2.24, 2.45) is 5.92 Å². The number of benzene rings is 9. The van der Waals surface area contributed by atoms with Crippen LogP contribution in [0.1, 0.15) is 205 Å². The van der Waals surface area contributed by atoms with Crippen LogP contribution in [0, 0.1) is 50.0 Å². The van der Waals surface area contributed by atoms with E-state index in [1.54, 1.807) is 64.9 Å². The molecule has 3 N–H and O–H groups in total. The Kier molecular flexibility index (Phi) is 28.2. The molecule has 0 saturated heterocycles. The van der Waals surface area contributed by atoms with Crippen LogP contribution in [0.4, 0.5) is 17.6 Å². The molecule has 0 radical (unpaired) electrons. The highest BCUT2D eigenvalue weighted by Crippen LogP contribution is 2.46. The maximum absolute atomic E-state index is 14.3. The molecule has 0 fully saturated rings. The molecule has 0 saturated carbocycles. The van der Waals surface area contributed by atoms with Crippen molar-refractivity contribution in [3.8, 4) is 23.0 Å². The number of ether oxygens (including phenoxy) is 1. The van der Waals surface area contributed by atoms with Gasteiger partial charge in [-0.25, -0.2) is 17.6 Å². The number of fused-ring (bicyclic) bond motifs is 4. The van der Waals surface area contributed by atoms with Gasteiger partial charge in [0.2, 0.25) is 27.5 Å². The molecule has 0 spiro atoms. The number of hydrogen-bond acceptors (Lipinski definition) is 17. The van der Waals surface area contributed by atoms with Crippen molar-refractivity contribution < 1.29 is 61.6 Å². The molecule has 4 aliphatic rings. The van der Waals surface area contributed by atoms with Crippen LogP contribution in [0.2, 0.25) is 0 Å². The van der Waals surface area contributed by atoms with E-state index in [2.05, 4.69) is 44.7 Å². The number of hydrogen-bond donors (Lipinski definition) is 3. The first-order valence-electron chi connectivity index (χ1n) is 43.2. The first-order valence-corrected chi connectivity index (χ1v) is 43.2. The summed E-state index contributed by atoms with van der Waals surface area (Å²) < 4.78 is 68.3. The lowest BCUT2D eigenvalue weighted by molar-refractivity contribution is -0.137. The summed E-state index contributed by atoms with van der Waals surface area (Å²) in [5.74, 6) is -8.24. The predicted octanol–water partition coefficient (Wildman–Crippen LogP) is 15.5. The Morgan fingerprint density at radius 1 is 0.374 bits per heavy atom. The largest absolute Gasteiger partial charge is 0.502 e. The van der Waals surface area contributed by atoms with E-state index < -0.39 is 110 Å². The Hall–Kier alpha value is -15.0. The molecule has 4 aliphatic heterocycles. The Bertz CT molecular complexity index is 6570. The van der Waals surface area contributed by atoms with Gasteiger partial charge in [0.15, 0.2) is 40.0 Å². The molecule has 4 aromatic heterocycles. The van der Waals surface area contributed by atoms with E-state index in [1.165, 1.54) is 72.2 Å². The van der Waals surface area contributed by atoms with Crippen molar-refractivity contribution in [3.05, 3.63) is 409 Å². The minimum absolute atomic E-state index is 0.0407. The fourth-order valence-corrected chi connectivity index (χ4v) is 17.8. The van der Waals surface area contributed by atoms with E-state index in [-0.39, 0.29) is 89.6 Å². The Morgan fingerprint density at radius 2 is 0.687 bits per heavy atom. The number of rotatable bonds is 20. The van der Waals surface area contributed by atoms with E-state index in [0.29, 0.717) is 42.9 Å². The zero-order chi connectivity index (χ0) is 93.3. The molecular weight excluding hydrogens is 1680 g/mol. The number of carbonyl (C=O) groups is 5. The molecule has 672 valence electrons. The quantitative estimate of drug-likeness (QED) is 0.0471. The van der Waals surface area contributed by atoms with Gasteiger partial charge in [0.05, 0.1) is 54.9 Å². The number of halogens is 4. The minimum Gasteiger partial charge on any atom is -0.502 e. The molecular formula is C102H98F4N12O13. The standard InChI is InChI=1S/C27H21F2N3O3.C27H28FN3O4.C24H24FN3O3.C24H25N3O3/c28-20-10-4-8-18(12-20)24(19-9-5-11-21(29)13-19)22-16-31(15-17-6-2-1-3-7-17)27(35)25-26(34)23(33)14-30-32(22)25;1-5-30-15-21(23(18-9-6-8-17(4)12-18)19-10-7-11-20(28)13-19)31-24(26(30)33)25(22(32)14-29-31)35-27(34)16(2)3;1-3-10-27-14-19(28-22(24(27)31)23(30)20(29)13-26-28)21(16-7-4-6-15(2)11-16)17-8-5-9-18(25)12-17;1-15(2)26-14-19(27-22(24(26)30)23(29)20(28)13-25-27)21(17-9-5-4-6-10-17)18-11-7-8-16(3)12-18/h1-14,22,24,34H,15-16H2;6-14,16,21,23H,5,15H2,1-4H3;4-9,11-13,19,21,30H,3,10,14H2,1-2H3;4-13,15,19,21,29H,14H2,1-3H3. The third kappa shape index (κ3) is 19.8. The summed E-state index contributed by atoms with van der Waals surface area (Å²) in [6.07, 6.45) is 4.84. The van der Waals surface area contributed by atoms with E-state index in [9.17, 15) is 76.0 Å². The fourth-order valence-electron chi connectivity index (χ4n) is 17.8. The molecule has 7 unspecified atom stereocenters. The summed E-state index contributed by atoms with van der Waals surface area (Å²) in [6.45, 7) is 19.2. The highest BCUT2D eigenvalue weighted by atomic mass is 19.1. The fraction of sp³-hybridized carbons (Fsp3) is 0.265. The molecule has 7 atom stereocenters. The number of likely N-dealkylation sites (N-methyl/N-ethyl adjacent to an activating group) is 1. The summed E-state index contributed by atoms with van der Waals surface area (Å²) in [5, 5.41) is 48.5. The molecule has 13 aromatic rings. The van der Waals surface area contributed by atoms with Crippen LogP contribution in [0.15, 0.2) is 274 Å². The van der Waals surface area contributed by atoms with Crippen LogP contribution in [-0.2, 0) is 11.3 Å². The van der Waals surface area contributed by atoms with Crippen LogP contribution in [-0.4, -0.2) is 149 Å². The first kappa shape index (κ1) is 92.2. The molecule has 131 heavy (non-hydrogen) atoms. The Morgan fingerprint density at radius 3 is 1.05 bits per heavy atom. The average molecular weight is 1780 g/mol. The summed E-state index contributed by atoms with van der Waals surface area (Å²) in [5.41, 5.74) is 7.36. The van der Waals surface area contributed by atoms with Crippen molar-refractivity contribution in [1.29, 1.82) is 0 Å². The van der Waals surface area contributed by atoms with E-state index in [0.717, 1.165) is 81.3 Å². The summed E-state index contributed by atoms with van der Waals surface area (Å²) in [4.78, 5) is 121. The van der Waals surface area contributed by atoms with Gasteiger partial charge >= 0.3 is 5.97 Å². The number of aromatic hydroxyl groups is 3. The number of nitrogens with zero attached hydrogens (tertiary/aromatic N) is 12. The third-order valence-corrected chi connectivity index (χ3v) is 23.8. The number of esters is 1. The topological polar surface area (TPSA) is 308 Å². The van der Waals surface area contributed by atoms with Gasteiger partial charge in [-0.2, -0.15) is 20.4 Å². The average Bonchev–Trinajstić information content (AvgIpc) is 0.759. The van der Waals surface area contributed by atoms with Gasteiger partial charge in [-0.3, -0.25) is 61.9 Å². The number of aromatic nitrogens is 8. The highest BCUT2D eigenvalue weighted by Gasteiger charge is 2.46. The lowest BCUT2D eigenvalue weighted by Crippen LogP contribution is -2.49. The zero-order valence-corrected chi connectivity index (χ0v) is 73.5. The van der Waals surface area contributed by atoms with Gasteiger partial charge in [0, 0.05) is 75.5 Å².